The minimum atomic E-state index is -0.429. The van der Waals surface area contributed by atoms with E-state index in [9.17, 15) is 5.11 Å². The van der Waals surface area contributed by atoms with E-state index in [1.54, 1.807) is 12.4 Å². The van der Waals surface area contributed by atoms with Crippen molar-refractivity contribution in [3.8, 4) is 0 Å². The number of nitrogens with one attached hydrogen (secondary N) is 1. The Hall–Kier alpha value is -0.830. The number of aromatic nitrogens is 2. The van der Waals surface area contributed by atoms with Crippen LogP contribution >= 0.6 is 0 Å². The van der Waals surface area contributed by atoms with Gasteiger partial charge in [0.15, 0.2) is 0 Å². The van der Waals surface area contributed by atoms with Gasteiger partial charge in [-0.2, -0.15) is 5.10 Å². The van der Waals surface area contributed by atoms with Crippen LogP contribution in [-0.2, 0) is 0 Å². The molecule has 0 fully saturated rings. The zero-order chi connectivity index (χ0) is 9.19. The number of H-pyrrole nitrogens is 1. The zero-order valence-corrected chi connectivity index (χ0v) is 7.83. The lowest BCUT2D eigenvalue weighted by atomic mass is 9.81. The first-order valence-electron chi connectivity index (χ1n) is 4.24. The molecule has 1 heterocycles. The van der Waals surface area contributed by atoms with Crippen LogP contribution < -0.4 is 0 Å². The highest BCUT2D eigenvalue weighted by Gasteiger charge is 2.27. The summed E-state index contributed by atoms with van der Waals surface area (Å²) in [5.74, 6) is 0. The van der Waals surface area contributed by atoms with E-state index >= 15 is 0 Å². The van der Waals surface area contributed by atoms with Crippen LogP contribution in [0.15, 0.2) is 12.4 Å². The summed E-state index contributed by atoms with van der Waals surface area (Å²) in [6.45, 7) is 6.17. The zero-order valence-electron chi connectivity index (χ0n) is 7.83. The molecule has 2 N–H and O–H groups in total. The van der Waals surface area contributed by atoms with Crippen molar-refractivity contribution in [2.45, 2.75) is 33.3 Å². The number of nitrogens with zero attached hydrogens (tertiary/aromatic N) is 1. The van der Waals surface area contributed by atoms with E-state index in [0.29, 0.717) is 0 Å². The third-order valence-corrected chi connectivity index (χ3v) is 2.49. The number of aromatic amines is 1. The van der Waals surface area contributed by atoms with E-state index < -0.39 is 6.10 Å². The van der Waals surface area contributed by atoms with E-state index in [1.165, 1.54) is 0 Å². The Kier molecular flexibility index (Phi) is 2.52. The maximum atomic E-state index is 9.88. The van der Waals surface area contributed by atoms with Crippen LogP contribution in [0.2, 0.25) is 0 Å². The summed E-state index contributed by atoms with van der Waals surface area (Å²) < 4.78 is 0. The molecule has 1 rings (SSSR count). The topological polar surface area (TPSA) is 48.9 Å². The van der Waals surface area contributed by atoms with Gasteiger partial charge in [0.05, 0.1) is 12.3 Å². The molecule has 0 aliphatic rings. The minimum absolute atomic E-state index is 0.0795. The molecule has 3 nitrogen and oxygen atoms in total. The van der Waals surface area contributed by atoms with Crippen molar-refractivity contribution in [1.29, 1.82) is 0 Å². The molecule has 1 atom stereocenters. The lowest BCUT2D eigenvalue weighted by Crippen LogP contribution is -2.20. The maximum absolute atomic E-state index is 9.88. The fourth-order valence-corrected chi connectivity index (χ4v) is 1.05. The predicted octanol–water partition coefficient (Wildman–Crippen LogP) is 1.88. The second-order valence-corrected chi connectivity index (χ2v) is 3.78. The quantitative estimate of drug-likeness (QED) is 0.724. The largest absolute Gasteiger partial charge is 0.388 e. The number of aliphatic hydroxyl groups is 1. The van der Waals surface area contributed by atoms with Crippen molar-refractivity contribution in [1.82, 2.24) is 10.2 Å². The molecule has 0 amide bonds. The van der Waals surface area contributed by atoms with Gasteiger partial charge in [-0.3, -0.25) is 5.10 Å². The average Bonchev–Trinajstić information content (AvgIpc) is 2.55. The van der Waals surface area contributed by atoms with Crippen LogP contribution in [0.5, 0.6) is 0 Å². The first kappa shape index (κ1) is 9.26. The minimum Gasteiger partial charge on any atom is -0.388 e. The van der Waals surface area contributed by atoms with Crippen LogP contribution in [-0.4, -0.2) is 15.3 Å². The molecule has 3 heteroatoms. The molecule has 0 aliphatic heterocycles. The molecule has 0 aromatic carbocycles. The number of aliphatic hydroxyl groups excluding tert-OH is 1. The third-order valence-electron chi connectivity index (χ3n) is 2.49. The molecular weight excluding hydrogens is 152 g/mol. The van der Waals surface area contributed by atoms with Gasteiger partial charge >= 0.3 is 0 Å². The van der Waals surface area contributed by atoms with Crippen molar-refractivity contribution in [3.05, 3.63) is 18.0 Å². The van der Waals surface area contributed by atoms with Gasteiger partial charge in [-0.1, -0.05) is 20.8 Å². The average molecular weight is 168 g/mol. The van der Waals surface area contributed by atoms with Crippen molar-refractivity contribution in [2.75, 3.05) is 0 Å². The monoisotopic (exact) mass is 168 g/mol. The molecule has 1 unspecified atom stereocenters. The van der Waals surface area contributed by atoms with Crippen molar-refractivity contribution >= 4 is 0 Å². The molecule has 68 valence electrons. The Morgan fingerprint density at radius 2 is 2.33 bits per heavy atom. The second-order valence-electron chi connectivity index (χ2n) is 3.78. The van der Waals surface area contributed by atoms with Crippen LogP contribution in [0, 0.1) is 5.41 Å². The van der Waals surface area contributed by atoms with E-state index in [0.717, 1.165) is 12.0 Å². The molecule has 1 aromatic rings. The first-order chi connectivity index (χ1) is 5.58. The van der Waals surface area contributed by atoms with Crippen LogP contribution in [0.1, 0.15) is 38.9 Å². The number of rotatable bonds is 3. The third kappa shape index (κ3) is 1.67. The van der Waals surface area contributed by atoms with Gasteiger partial charge in [-0.25, -0.2) is 0 Å². The summed E-state index contributed by atoms with van der Waals surface area (Å²) in [7, 11) is 0. The molecule has 0 spiro atoms. The van der Waals surface area contributed by atoms with Gasteiger partial charge in [0.25, 0.3) is 0 Å². The van der Waals surface area contributed by atoms with E-state index in [-0.39, 0.29) is 5.41 Å². The summed E-state index contributed by atoms with van der Waals surface area (Å²) >= 11 is 0. The number of hydrogen-bond donors (Lipinski definition) is 2. The van der Waals surface area contributed by atoms with Crippen LogP contribution in [0.4, 0.5) is 0 Å². The smallest absolute Gasteiger partial charge is 0.0871 e. The van der Waals surface area contributed by atoms with Gasteiger partial charge in [0, 0.05) is 11.8 Å². The Morgan fingerprint density at radius 3 is 2.75 bits per heavy atom. The van der Waals surface area contributed by atoms with Gasteiger partial charge in [-0.15, -0.1) is 0 Å². The van der Waals surface area contributed by atoms with Gasteiger partial charge in [0.1, 0.15) is 0 Å². The summed E-state index contributed by atoms with van der Waals surface area (Å²) in [4.78, 5) is 0. The van der Waals surface area contributed by atoms with Crippen molar-refractivity contribution < 1.29 is 5.11 Å². The van der Waals surface area contributed by atoms with Crippen LogP contribution in [0.3, 0.4) is 0 Å². The second kappa shape index (κ2) is 3.27. The molecule has 0 saturated carbocycles. The summed E-state index contributed by atoms with van der Waals surface area (Å²) in [6, 6.07) is 0. The van der Waals surface area contributed by atoms with E-state index in [4.69, 9.17) is 0 Å². The SMILES string of the molecule is CCC(C)(C)C(O)c1cn[nH]c1. The highest BCUT2D eigenvalue weighted by molar-refractivity contribution is 5.09. The molecule has 1 aromatic heterocycles. The molecule has 0 saturated heterocycles. The normalized spacial score (nSPS) is 14.7. The highest BCUT2D eigenvalue weighted by Crippen LogP contribution is 2.35. The summed E-state index contributed by atoms with van der Waals surface area (Å²) in [5.41, 5.74) is 0.783. The Labute approximate surface area is 72.8 Å². The lowest BCUT2D eigenvalue weighted by Gasteiger charge is -2.28. The van der Waals surface area contributed by atoms with Gasteiger partial charge < -0.3 is 5.11 Å². The van der Waals surface area contributed by atoms with E-state index in [2.05, 4.69) is 17.1 Å². The molecule has 0 aliphatic carbocycles. The Morgan fingerprint density at radius 1 is 1.67 bits per heavy atom. The number of hydrogen-bond acceptors (Lipinski definition) is 2. The van der Waals surface area contributed by atoms with Gasteiger partial charge in [0.2, 0.25) is 0 Å². The lowest BCUT2D eigenvalue weighted by molar-refractivity contribution is 0.0466. The highest BCUT2D eigenvalue weighted by atomic mass is 16.3. The maximum Gasteiger partial charge on any atom is 0.0871 e. The summed E-state index contributed by atoms with van der Waals surface area (Å²) in [6.07, 6.45) is 3.92. The predicted molar refractivity (Wildman–Crippen MR) is 47.6 cm³/mol. The fraction of sp³-hybridized carbons (Fsp3) is 0.667. The summed E-state index contributed by atoms with van der Waals surface area (Å²) in [5, 5.41) is 16.4. The van der Waals surface area contributed by atoms with Crippen molar-refractivity contribution in [2.24, 2.45) is 5.41 Å². The molecular formula is C9H16N2O. The first-order valence-corrected chi connectivity index (χ1v) is 4.24. The molecule has 12 heavy (non-hydrogen) atoms. The van der Waals surface area contributed by atoms with E-state index in [1.807, 2.05) is 13.8 Å². The molecule has 0 radical (unpaired) electrons. The van der Waals surface area contributed by atoms with Crippen molar-refractivity contribution in [3.63, 3.8) is 0 Å². The standard InChI is InChI=1S/C9H16N2O/c1-4-9(2,3)8(12)7-5-10-11-6-7/h5-6,8,12H,4H2,1-3H3,(H,10,11). The van der Waals surface area contributed by atoms with Crippen LogP contribution in [0.25, 0.3) is 0 Å². The Balaban J connectivity index is 2.78. The molecule has 0 bridgehead atoms. The Bertz CT molecular complexity index is 229. The fourth-order valence-electron chi connectivity index (χ4n) is 1.05. The van der Waals surface area contributed by atoms with Gasteiger partial charge in [-0.05, 0) is 11.8 Å².